The molecule has 0 radical (unpaired) electrons. The van der Waals surface area contributed by atoms with Crippen molar-refractivity contribution in [1.29, 1.82) is 0 Å². The van der Waals surface area contributed by atoms with E-state index in [2.05, 4.69) is 27.7 Å². The van der Waals surface area contributed by atoms with Gasteiger partial charge in [0.25, 0.3) is 0 Å². The first kappa shape index (κ1) is 43.6. The van der Waals surface area contributed by atoms with Crippen molar-refractivity contribution in [2.75, 3.05) is 7.11 Å². The summed E-state index contributed by atoms with van der Waals surface area (Å²) in [5, 5.41) is 64.7. The minimum Gasteiger partial charge on any atom is -0.504 e. The van der Waals surface area contributed by atoms with Crippen molar-refractivity contribution in [3.05, 3.63) is 11.3 Å². The molecule has 19 unspecified atom stereocenters. The van der Waals surface area contributed by atoms with Gasteiger partial charge in [-0.15, -0.1) is 0 Å². The van der Waals surface area contributed by atoms with Gasteiger partial charge in [0.2, 0.25) is 5.78 Å². The van der Waals surface area contributed by atoms with Gasteiger partial charge in [-0.25, -0.2) is 4.79 Å². The van der Waals surface area contributed by atoms with E-state index in [1.807, 2.05) is 13.8 Å². The molecule has 0 amide bonds. The molecule has 0 spiro atoms. The number of ketones is 2. The summed E-state index contributed by atoms with van der Waals surface area (Å²) in [6.07, 6.45) is -9.15. The van der Waals surface area contributed by atoms with Gasteiger partial charge in [-0.2, -0.15) is 0 Å². The lowest BCUT2D eigenvalue weighted by molar-refractivity contribution is -0.356. The van der Waals surface area contributed by atoms with Crippen LogP contribution in [0.2, 0.25) is 0 Å². The van der Waals surface area contributed by atoms with Gasteiger partial charge in [-0.05, 0) is 98.9 Å². The number of carbonyl (C=O) groups is 3. The highest BCUT2D eigenvalue weighted by molar-refractivity contribution is 6.00. The number of Topliss-reactive ketones (excluding diaryl/α,β-unsaturated/α-hetero) is 2. The Balaban J connectivity index is 1.12. The van der Waals surface area contributed by atoms with Crippen molar-refractivity contribution in [3.63, 3.8) is 0 Å². The number of ether oxygens (including phenoxy) is 5. The number of carbonyl (C=O) groups excluding carboxylic acids is 3. The van der Waals surface area contributed by atoms with E-state index < -0.39 is 72.8 Å². The maximum Gasteiger partial charge on any atom is 0.337 e. The first-order valence-corrected chi connectivity index (χ1v) is 20.9. The van der Waals surface area contributed by atoms with Crippen molar-refractivity contribution in [2.24, 2.45) is 52.3 Å². The quantitative estimate of drug-likeness (QED) is 0.131. The van der Waals surface area contributed by atoms with E-state index in [1.54, 1.807) is 0 Å². The van der Waals surface area contributed by atoms with Crippen LogP contribution in [0, 0.1) is 52.3 Å². The lowest BCUT2D eigenvalue weighted by Gasteiger charge is -2.60. The van der Waals surface area contributed by atoms with Crippen molar-refractivity contribution in [3.8, 4) is 0 Å². The fourth-order valence-electron chi connectivity index (χ4n) is 12.2. The van der Waals surface area contributed by atoms with Crippen LogP contribution in [0.25, 0.3) is 0 Å². The Hall–Kier alpha value is -2.01. The molecule has 2 aliphatic heterocycles. The molecule has 19 atom stereocenters. The van der Waals surface area contributed by atoms with Gasteiger partial charge in [-0.3, -0.25) is 9.59 Å². The summed E-state index contributed by atoms with van der Waals surface area (Å²) in [5.74, 6) is -0.823. The molecular weight excluding hydrogens is 728 g/mol. The minimum absolute atomic E-state index is 0.0445. The normalized spacial score (nSPS) is 46.5. The van der Waals surface area contributed by atoms with E-state index >= 15 is 0 Å². The van der Waals surface area contributed by atoms with Crippen LogP contribution in [0.15, 0.2) is 11.3 Å². The summed E-state index contributed by atoms with van der Waals surface area (Å²) >= 11 is 0. The van der Waals surface area contributed by atoms with E-state index in [4.69, 9.17) is 23.7 Å². The van der Waals surface area contributed by atoms with Gasteiger partial charge in [-0.1, -0.05) is 41.5 Å². The van der Waals surface area contributed by atoms with Gasteiger partial charge < -0.3 is 54.3 Å². The number of hydrogen-bond donors (Lipinski definition) is 6. The van der Waals surface area contributed by atoms with Gasteiger partial charge >= 0.3 is 5.97 Å². The minimum atomic E-state index is -1.74. The Morgan fingerprint density at radius 1 is 0.875 bits per heavy atom. The van der Waals surface area contributed by atoms with E-state index in [0.29, 0.717) is 19.3 Å². The van der Waals surface area contributed by atoms with Gasteiger partial charge in [0.15, 0.2) is 24.4 Å². The summed E-state index contributed by atoms with van der Waals surface area (Å²) in [7, 11) is 1.13. The van der Waals surface area contributed by atoms with Gasteiger partial charge in [0.05, 0.1) is 19.3 Å². The van der Waals surface area contributed by atoms with Crippen LogP contribution in [0.5, 0.6) is 0 Å². The summed E-state index contributed by atoms with van der Waals surface area (Å²) in [5.41, 5.74) is 0.158. The molecule has 0 aromatic rings. The maximum atomic E-state index is 14.0. The number of aliphatic hydroxyl groups excluding tert-OH is 6. The molecule has 4 aliphatic carbocycles. The number of hydrogen-bond acceptors (Lipinski definition) is 14. The van der Waals surface area contributed by atoms with Crippen molar-refractivity contribution in [2.45, 2.75) is 174 Å². The zero-order valence-corrected chi connectivity index (χ0v) is 34.2. The highest BCUT2D eigenvalue weighted by Gasteiger charge is 2.64. The molecule has 0 aromatic carbocycles. The molecule has 0 bridgehead atoms. The lowest BCUT2D eigenvalue weighted by Crippen LogP contribution is -2.65. The number of methoxy groups -OCH3 is 1. The van der Waals surface area contributed by atoms with E-state index in [0.717, 1.165) is 51.2 Å². The fourth-order valence-corrected chi connectivity index (χ4v) is 12.2. The molecule has 6 rings (SSSR count). The molecule has 318 valence electrons. The Morgan fingerprint density at radius 3 is 2.18 bits per heavy atom. The molecule has 6 aliphatic rings. The largest absolute Gasteiger partial charge is 0.504 e. The van der Waals surface area contributed by atoms with Gasteiger partial charge in [0, 0.05) is 23.7 Å². The molecule has 14 nitrogen and oxygen atoms in total. The van der Waals surface area contributed by atoms with E-state index in [-0.39, 0.29) is 70.3 Å². The average Bonchev–Trinajstić information content (AvgIpc) is 3.36. The first-order chi connectivity index (χ1) is 26.3. The van der Waals surface area contributed by atoms with Crippen LogP contribution in [0.3, 0.4) is 0 Å². The van der Waals surface area contributed by atoms with Crippen LogP contribution in [-0.2, 0) is 38.1 Å². The predicted octanol–water partition coefficient (Wildman–Crippen LogP) is 3.13. The van der Waals surface area contributed by atoms with E-state index in [1.165, 1.54) is 6.92 Å². The Bertz CT molecular complexity index is 1500. The van der Waals surface area contributed by atoms with Crippen molar-refractivity contribution < 1.29 is 68.7 Å². The molecule has 2 saturated heterocycles. The third-order valence-corrected chi connectivity index (χ3v) is 15.2. The van der Waals surface area contributed by atoms with Crippen molar-refractivity contribution in [1.82, 2.24) is 0 Å². The Kier molecular flexibility index (Phi) is 12.9. The summed E-state index contributed by atoms with van der Waals surface area (Å²) in [6, 6.07) is 0. The van der Waals surface area contributed by atoms with Crippen molar-refractivity contribution >= 4 is 17.5 Å². The molecular formula is C42H66O14. The number of aliphatic hydroxyl groups is 6. The number of fused-ring (bicyclic) bond motifs is 5. The highest BCUT2D eigenvalue weighted by atomic mass is 16.7. The second kappa shape index (κ2) is 16.6. The van der Waals surface area contributed by atoms with Crippen LogP contribution in [0.1, 0.15) is 106 Å². The van der Waals surface area contributed by atoms with E-state index in [9.17, 15) is 45.0 Å². The Morgan fingerprint density at radius 2 is 1.54 bits per heavy atom. The van der Waals surface area contributed by atoms with Crippen LogP contribution >= 0.6 is 0 Å². The number of esters is 1. The number of allylic oxidation sites excluding steroid dienone is 2. The maximum absolute atomic E-state index is 14.0. The third-order valence-electron chi connectivity index (χ3n) is 15.2. The lowest BCUT2D eigenvalue weighted by atomic mass is 9.44. The smallest absolute Gasteiger partial charge is 0.337 e. The molecule has 14 heteroatoms. The molecule has 0 aromatic heterocycles. The molecule has 6 N–H and O–H groups in total. The second-order valence-corrected chi connectivity index (χ2v) is 18.7. The molecule has 2 heterocycles. The molecule has 5 fully saturated rings. The van der Waals surface area contributed by atoms with Crippen LogP contribution < -0.4 is 0 Å². The predicted molar refractivity (Wildman–Crippen MR) is 199 cm³/mol. The highest BCUT2D eigenvalue weighted by Crippen LogP contribution is 2.67. The topological polar surface area (TPSA) is 219 Å². The second-order valence-electron chi connectivity index (χ2n) is 18.7. The zero-order valence-electron chi connectivity index (χ0n) is 34.2. The monoisotopic (exact) mass is 794 g/mol. The third kappa shape index (κ3) is 7.42. The standard InChI is InChI=1S/C42H66O14/c1-9-23(18(2)3)26(43)16-19(4)27-30(45)31(46)28-24-11-10-21-17-22(12-14-41(21,6)25(24)13-15-42(27,28)7)54-40-35(50)33(48)36(37(56-40)38(51)52-8)55-39-34(49)32(47)29(44)20(5)53-39/h18-25,28-29,32-37,39-40,44-45,47-50H,9-17H2,1-8H3. The first-order valence-electron chi connectivity index (χ1n) is 20.9. The molecule has 3 saturated carbocycles. The summed E-state index contributed by atoms with van der Waals surface area (Å²) < 4.78 is 28.4. The summed E-state index contributed by atoms with van der Waals surface area (Å²) in [6.45, 7) is 14.0. The van der Waals surface area contributed by atoms with Crippen LogP contribution in [0.4, 0.5) is 0 Å². The fraction of sp³-hybridized carbons (Fsp3) is 0.881. The SMILES string of the molecule is CCC(C(=O)CC(C)C1=C(O)C(=O)C2C3CCC4CC(OC5OC(C(=O)OC)C(OC6OC(C)C(O)C(O)C6O)C(O)C5O)CCC4(C)C3CCC12C)C(C)C. The Labute approximate surface area is 330 Å². The summed E-state index contributed by atoms with van der Waals surface area (Å²) in [4.78, 5) is 40.3. The number of rotatable bonds is 11. The molecule has 56 heavy (non-hydrogen) atoms. The zero-order chi connectivity index (χ0) is 41.2. The average molecular weight is 795 g/mol. The van der Waals surface area contributed by atoms with Crippen LogP contribution in [-0.4, -0.2) is 123 Å². The van der Waals surface area contributed by atoms with Gasteiger partial charge in [0.1, 0.15) is 42.4 Å².